The van der Waals surface area contributed by atoms with Gasteiger partial charge in [-0.15, -0.1) is 0 Å². The van der Waals surface area contributed by atoms with E-state index >= 15 is 0 Å². The number of nitrogens with zero attached hydrogens (tertiary/aromatic N) is 5. The minimum Gasteiger partial charge on any atom is -0.495 e. The van der Waals surface area contributed by atoms with Crippen LogP contribution in [0.1, 0.15) is 13.8 Å². The van der Waals surface area contributed by atoms with Gasteiger partial charge in [0.1, 0.15) is 5.75 Å². The highest BCUT2D eigenvalue weighted by Gasteiger charge is 2.22. The SMILES string of the molecule is COc1c(-c2ccc(N3CC(C)OC(C)C3)cc2)cnc2c(-c3cnc(N(C)C)nc3)cccc12. The maximum atomic E-state index is 5.92. The fraction of sp³-hybridized carbons (Fsp3) is 0.321. The number of benzene rings is 2. The van der Waals surface area contributed by atoms with E-state index in [1.807, 2.05) is 55.8 Å². The molecule has 0 radical (unpaired) electrons. The number of hydrogen-bond acceptors (Lipinski definition) is 7. The van der Waals surface area contributed by atoms with Gasteiger partial charge < -0.3 is 19.3 Å². The molecule has 2 unspecified atom stereocenters. The lowest BCUT2D eigenvalue weighted by Gasteiger charge is -2.36. The number of para-hydroxylation sites is 1. The van der Waals surface area contributed by atoms with Gasteiger partial charge in [-0.25, -0.2) is 9.97 Å². The molecule has 7 heteroatoms. The molecule has 1 fully saturated rings. The summed E-state index contributed by atoms with van der Waals surface area (Å²) in [6, 6.07) is 14.7. The van der Waals surface area contributed by atoms with E-state index in [-0.39, 0.29) is 12.2 Å². The number of anilines is 2. The summed E-state index contributed by atoms with van der Waals surface area (Å²) in [5.74, 6) is 1.48. The molecule has 5 rings (SSSR count). The second kappa shape index (κ2) is 9.50. The highest BCUT2D eigenvalue weighted by atomic mass is 16.5. The van der Waals surface area contributed by atoms with Gasteiger partial charge in [0.15, 0.2) is 0 Å². The Morgan fingerprint density at radius 1 is 0.857 bits per heavy atom. The number of rotatable bonds is 5. The van der Waals surface area contributed by atoms with Gasteiger partial charge >= 0.3 is 0 Å². The molecule has 4 aromatic rings. The topological polar surface area (TPSA) is 63.6 Å². The van der Waals surface area contributed by atoms with Gasteiger partial charge in [0.25, 0.3) is 0 Å². The van der Waals surface area contributed by atoms with E-state index in [0.717, 1.165) is 52.0 Å². The van der Waals surface area contributed by atoms with Gasteiger partial charge in [0.05, 0.1) is 24.8 Å². The highest BCUT2D eigenvalue weighted by molar-refractivity contribution is 6.00. The van der Waals surface area contributed by atoms with Gasteiger partial charge in [-0.1, -0.05) is 24.3 Å². The predicted octanol–water partition coefficient (Wildman–Crippen LogP) is 5.05. The molecule has 0 N–H and O–H groups in total. The Morgan fingerprint density at radius 3 is 2.17 bits per heavy atom. The van der Waals surface area contributed by atoms with Crippen molar-refractivity contribution in [1.82, 2.24) is 15.0 Å². The van der Waals surface area contributed by atoms with Crippen molar-refractivity contribution in [2.24, 2.45) is 0 Å². The Bertz CT molecular complexity index is 1310. The molecule has 0 saturated carbocycles. The van der Waals surface area contributed by atoms with E-state index < -0.39 is 0 Å². The highest BCUT2D eigenvalue weighted by Crippen LogP contribution is 2.39. The Kier molecular flexibility index (Phi) is 6.26. The van der Waals surface area contributed by atoms with Crippen LogP contribution in [-0.2, 0) is 4.74 Å². The van der Waals surface area contributed by atoms with Crippen LogP contribution in [0.3, 0.4) is 0 Å². The van der Waals surface area contributed by atoms with Crippen LogP contribution in [-0.4, -0.2) is 61.5 Å². The molecule has 35 heavy (non-hydrogen) atoms. The molecule has 3 heterocycles. The summed E-state index contributed by atoms with van der Waals surface area (Å²) in [6.45, 7) is 6.04. The van der Waals surface area contributed by atoms with Crippen molar-refractivity contribution >= 4 is 22.5 Å². The fourth-order valence-electron chi connectivity index (χ4n) is 4.79. The molecule has 2 aromatic heterocycles. The molecule has 0 aliphatic carbocycles. The van der Waals surface area contributed by atoms with Crippen molar-refractivity contribution in [3.8, 4) is 28.0 Å². The maximum Gasteiger partial charge on any atom is 0.224 e. The van der Waals surface area contributed by atoms with Crippen LogP contribution in [0, 0.1) is 0 Å². The van der Waals surface area contributed by atoms with Crippen LogP contribution < -0.4 is 14.5 Å². The number of ether oxygens (including phenoxy) is 2. The largest absolute Gasteiger partial charge is 0.495 e. The first-order valence-corrected chi connectivity index (χ1v) is 11.9. The van der Waals surface area contributed by atoms with E-state index in [1.54, 1.807) is 7.11 Å². The Hall–Kier alpha value is -3.71. The Labute approximate surface area is 206 Å². The zero-order chi connectivity index (χ0) is 24.5. The summed E-state index contributed by atoms with van der Waals surface area (Å²) in [5, 5.41) is 0.957. The van der Waals surface area contributed by atoms with Gasteiger partial charge in [0, 0.05) is 73.5 Å². The van der Waals surface area contributed by atoms with Crippen molar-refractivity contribution < 1.29 is 9.47 Å². The third-order valence-corrected chi connectivity index (χ3v) is 6.36. The lowest BCUT2D eigenvalue weighted by Crippen LogP contribution is -2.45. The molecule has 1 aliphatic heterocycles. The maximum absolute atomic E-state index is 5.92. The van der Waals surface area contributed by atoms with Gasteiger partial charge in [-0.3, -0.25) is 4.98 Å². The molecule has 1 saturated heterocycles. The predicted molar refractivity (Wildman–Crippen MR) is 141 cm³/mol. The summed E-state index contributed by atoms with van der Waals surface area (Å²) in [7, 11) is 5.57. The van der Waals surface area contributed by atoms with Crippen LogP contribution >= 0.6 is 0 Å². The van der Waals surface area contributed by atoms with Crippen LogP contribution in [0.2, 0.25) is 0 Å². The second-order valence-electron chi connectivity index (χ2n) is 9.28. The molecule has 0 bridgehead atoms. The van der Waals surface area contributed by atoms with E-state index in [0.29, 0.717) is 5.95 Å². The number of pyridine rings is 1. The zero-order valence-electron chi connectivity index (χ0n) is 20.9. The molecule has 2 atom stereocenters. The minimum atomic E-state index is 0.224. The Balaban J connectivity index is 1.51. The molecular weight excluding hydrogens is 438 g/mol. The average molecular weight is 470 g/mol. The molecule has 180 valence electrons. The second-order valence-corrected chi connectivity index (χ2v) is 9.28. The van der Waals surface area contributed by atoms with Gasteiger partial charge in [0.2, 0.25) is 5.95 Å². The first-order chi connectivity index (χ1) is 16.9. The molecule has 2 aromatic carbocycles. The van der Waals surface area contributed by atoms with Crippen LogP contribution in [0.25, 0.3) is 33.2 Å². The molecule has 7 nitrogen and oxygen atoms in total. The van der Waals surface area contributed by atoms with Crippen LogP contribution in [0.15, 0.2) is 61.1 Å². The summed E-state index contributed by atoms with van der Waals surface area (Å²) in [5.41, 5.74) is 5.99. The first-order valence-electron chi connectivity index (χ1n) is 11.9. The molecule has 1 aliphatic rings. The van der Waals surface area contributed by atoms with Crippen LogP contribution in [0.4, 0.5) is 11.6 Å². The van der Waals surface area contributed by atoms with Gasteiger partial charge in [-0.05, 0) is 37.6 Å². The lowest BCUT2D eigenvalue weighted by molar-refractivity contribution is -0.00521. The van der Waals surface area contributed by atoms with Crippen molar-refractivity contribution in [2.45, 2.75) is 26.1 Å². The van der Waals surface area contributed by atoms with Crippen molar-refractivity contribution in [3.63, 3.8) is 0 Å². The summed E-state index contributed by atoms with van der Waals surface area (Å²) in [6.07, 6.45) is 6.02. The third-order valence-electron chi connectivity index (χ3n) is 6.36. The van der Waals surface area contributed by atoms with E-state index in [4.69, 9.17) is 14.5 Å². The molecule has 0 amide bonds. The zero-order valence-corrected chi connectivity index (χ0v) is 20.9. The number of aromatic nitrogens is 3. The quantitative estimate of drug-likeness (QED) is 0.405. The average Bonchev–Trinajstić information content (AvgIpc) is 2.87. The lowest BCUT2D eigenvalue weighted by atomic mass is 9.99. The first kappa shape index (κ1) is 23.1. The third kappa shape index (κ3) is 4.51. The molecule has 0 spiro atoms. The van der Waals surface area contributed by atoms with Crippen molar-refractivity contribution in [2.75, 3.05) is 44.1 Å². The van der Waals surface area contributed by atoms with Crippen molar-refractivity contribution in [3.05, 3.63) is 61.1 Å². The monoisotopic (exact) mass is 469 g/mol. The van der Waals surface area contributed by atoms with Crippen LogP contribution in [0.5, 0.6) is 5.75 Å². The smallest absolute Gasteiger partial charge is 0.224 e. The van der Waals surface area contributed by atoms with Gasteiger partial charge in [-0.2, -0.15) is 0 Å². The van der Waals surface area contributed by atoms with E-state index in [9.17, 15) is 0 Å². The number of hydrogen-bond donors (Lipinski definition) is 0. The minimum absolute atomic E-state index is 0.224. The summed E-state index contributed by atoms with van der Waals surface area (Å²) in [4.78, 5) is 18.1. The van der Waals surface area contributed by atoms with E-state index in [2.05, 4.69) is 53.0 Å². The number of morpholine rings is 1. The van der Waals surface area contributed by atoms with E-state index in [1.165, 1.54) is 5.69 Å². The summed E-state index contributed by atoms with van der Waals surface area (Å²) < 4.78 is 11.8. The fourth-order valence-corrected chi connectivity index (χ4v) is 4.79. The normalized spacial score (nSPS) is 18.0. The number of fused-ring (bicyclic) bond motifs is 1. The Morgan fingerprint density at radius 2 is 1.54 bits per heavy atom. The molecular formula is C28H31N5O2. The number of methoxy groups -OCH3 is 1. The summed E-state index contributed by atoms with van der Waals surface area (Å²) >= 11 is 0. The standard InChI is InChI=1S/C28H31N5O2/c1-18-16-33(17-19(2)35-18)22-11-9-20(10-12-22)25-15-29-26-23(7-6-8-24(26)27(25)34-5)21-13-30-28(31-14-21)32(3)4/h6-15,18-19H,16-17H2,1-5H3. The van der Waals surface area contributed by atoms with Crippen molar-refractivity contribution in [1.29, 1.82) is 0 Å².